The maximum Gasteiger partial charge on any atom is 0.256 e. The van der Waals surface area contributed by atoms with Crippen molar-refractivity contribution in [3.8, 4) is 11.3 Å². The molecule has 2 unspecified atom stereocenters. The molecule has 2 atom stereocenters. The lowest BCUT2D eigenvalue weighted by atomic mass is 9.93. The third-order valence-electron chi connectivity index (χ3n) is 7.62. The van der Waals surface area contributed by atoms with E-state index in [1.165, 1.54) is 11.1 Å². The van der Waals surface area contributed by atoms with Crippen LogP contribution in [0.25, 0.3) is 11.3 Å². The molecular formula is C29H33ClN6O4. The molecule has 2 aromatic heterocycles. The Kier molecular flexibility index (Phi) is 8.30. The number of aliphatic hydroxyl groups is 2. The van der Waals surface area contributed by atoms with E-state index in [0.717, 1.165) is 36.8 Å². The van der Waals surface area contributed by atoms with Crippen molar-refractivity contribution in [1.29, 1.82) is 0 Å². The third-order valence-corrected chi connectivity index (χ3v) is 7.90. The van der Waals surface area contributed by atoms with Gasteiger partial charge in [-0.3, -0.25) is 14.6 Å². The van der Waals surface area contributed by atoms with Gasteiger partial charge in [-0.15, -0.1) is 0 Å². The van der Waals surface area contributed by atoms with Crippen LogP contribution in [0.3, 0.4) is 0 Å². The highest BCUT2D eigenvalue weighted by atomic mass is 35.5. The van der Waals surface area contributed by atoms with Gasteiger partial charge in [-0.1, -0.05) is 41.4 Å². The Labute approximate surface area is 237 Å². The number of carbonyl (C=O) groups excluding carboxylic acids is 2. The average Bonchev–Trinajstić information content (AvgIpc) is 3.28. The largest absolute Gasteiger partial charge is 0.394 e. The number of halogens is 1. The number of aliphatic hydroxyl groups excluding tert-OH is 2. The van der Waals surface area contributed by atoms with E-state index < -0.39 is 12.1 Å². The fourth-order valence-electron chi connectivity index (χ4n) is 5.23. The Bertz CT molecular complexity index is 1410. The van der Waals surface area contributed by atoms with Gasteiger partial charge in [0, 0.05) is 17.8 Å². The van der Waals surface area contributed by atoms with Crippen LogP contribution in [0.5, 0.6) is 0 Å². The number of amides is 2. The first-order chi connectivity index (χ1) is 19.2. The van der Waals surface area contributed by atoms with Gasteiger partial charge in [-0.25, -0.2) is 9.97 Å². The highest BCUT2D eigenvalue weighted by molar-refractivity contribution is 6.33. The minimum absolute atomic E-state index is 0.162. The summed E-state index contributed by atoms with van der Waals surface area (Å²) < 4.78 is 0. The SMILES string of the molecule is Cc1cccc(C(CO)NC(=O)C(C)N2Cc3ncc(-c4nc(N[C@H]5CC[C@H](O)CC5)ncc4Cl)cc3C2=O)c1. The molecule has 0 radical (unpaired) electrons. The lowest BCUT2D eigenvalue weighted by Crippen LogP contribution is -2.46. The van der Waals surface area contributed by atoms with Gasteiger partial charge >= 0.3 is 0 Å². The third kappa shape index (κ3) is 5.94. The predicted octanol–water partition coefficient (Wildman–Crippen LogP) is 3.41. The van der Waals surface area contributed by atoms with Crippen LogP contribution in [0.15, 0.2) is 42.7 Å². The number of hydrogen-bond acceptors (Lipinski definition) is 8. The summed E-state index contributed by atoms with van der Waals surface area (Å²) in [6, 6.07) is 8.07. The highest BCUT2D eigenvalue weighted by Gasteiger charge is 2.36. The van der Waals surface area contributed by atoms with Gasteiger partial charge in [-0.05, 0) is 51.2 Å². The summed E-state index contributed by atoms with van der Waals surface area (Å²) in [6.07, 6.45) is 5.99. The van der Waals surface area contributed by atoms with E-state index in [1.54, 1.807) is 19.2 Å². The number of nitrogens with zero attached hydrogens (tertiary/aromatic N) is 4. The van der Waals surface area contributed by atoms with Gasteiger partial charge in [0.2, 0.25) is 11.9 Å². The zero-order valence-electron chi connectivity index (χ0n) is 22.5. The van der Waals surface area contributed by atoms with Crippen LogP contribution in [0, 0.1) is 6.92 Å². The van der Waals surface area contributed by atoms with Crippen LogP contribution in [-0.2, 0) is 11.3 Å². The Morgan fingerprint density at radius 1 is 1.18 bits per heavy atom. The van der Waals surface area contributed by atoms with Crippen molar-refractivity contribution in [1.82, 2.24) is 25.2 Å². The van der Waals surface area contributed by atoms with Gasteiger partial charge < -0.3 is 25.7 Å². The van der Waals surface area contributed by atoms with Gasteiger partial charge in [-0.2, -0.15) is 0 Å². The molecule has 0 saturated heterocycles. The van der Waals surface area contributed by atoms with Crippen molar-refractivity contribution < 1.29 is 19.8 Å². The van der Waals surface area contributed by atoms with Crippen molar-refractivity contribution in [3.05, 3.63) is 70.1 Å². The Hall–Kier alpha value is -3.60. The molecule has 1 aliphatic carbocycles. The summed E-state index contributed by atoms with van der Waals surface area (Å²) in [6.45, 7) is 3.53. The molecule has 210 valence electrons. The zero-order chi connectivity index (χ0) is 28.4. The lowest BCUT2D eigenvalue weighted by molar-refractivity contribution is -0.126. The number of fused-ring (bicyclic) bond motifs is 1. The molecule has 1 aromatic carbocycles. The number of hydrogen-bond donors (Lipinski definition) is 4. The van der Waals surface area contributed by atoms with Gasteiger partial charge in [0.25, 0.3) is 5.91 Å². The molecule has 3 heterocycles. The van der Waals surface area contributed by atoms with Gasteiger partial charge in [0.1, 0.15) is 6.04 Å². The molecule has 1 aliphatic heterocycles. The molecule has 10 nitrogen and oxygen atoms in total. The van der Waals surface area contributed by atoms with Crippen LogP contribution >= 0.6 is 11.6 Å². The minimum Gasteiger partial charge on any atom is -0.394 e. The quantitative estimate of drug-likeness (QED) is 0.326. The Morgan fingerprint density at radius 3 is 2.67 bits per heavy atom. The highest BCUT2D eigenvalue weighted by Crippen LogP contribution is 2.31. The standard InChI is InChI=1S/C29H33ClN6O4/c1-16-4-3-5-18(10-16)25(15-37)34-27(39)17(2)36-14-24-22(28(36)40)11-19(12-31-24)26-23(30)13-32-29(35-26)33-20-6-8-21(38)9-7-20/h3-5,10-13,17,20-21,25,37-38H,6-9,14-15H2,1-2H3,(H,34,39)(H,32,33,35)/t17?,20-,21-,25?. The molecule has 2 aliphatic rings. The van der Waals surface area contributed by atoms with E-state index in [9.17, 15) is 19.8 Å². The molecule has 1 saturated carbocycles. The van der Waals surface area contributed by atoms with Gasteiger partial charge in [0.05, 0.1) is 53.5 Å². The van der Waals surface area contributed by atoms with Crippen LogP contribution in [-0.4, -0.2) is 66.7 Å². The van der Waals surface area contributed by atoms with Crippen molar-refractivity contribution >= 4 is 29.4 Å². The maximum atomic E-state index is 13.4. The second-order valence-corrected chi connectivity index (χ2v) is 10.9. The Morgan fingerprint density at radius 2 is 1.95 bits per heavy atom. The van der Waals surface area contributed by atoms with Crippen LogP contribution in [0.4, 0.5) is 5.95 Å². The molecule has 5 rings (SSSR count). The van der Waals surface area contributed by atoms with E-state index >= 15 is 0 Å². The molecule has 2 amide bonds. The molecule has 4 N–H and O–H groups in total. The smallest absolute Gasteiger partial charge is 0.256 e. The van der Waals surface area contributed by atoms with Crippen molar-refractivity contribution in [2.45, 2.75) is 70.3 Å². The lowest BCUT2D eigenvalue weighted by Gasteiger charge is -2.26. The number of benzene rings is 1. The molecule has 0 bridgehead atoms. The normalized spacial score (nSPS) is 20.1. The number of rotatable bonds is 8. The van der Waals surface area contributed by atoms with Gasteiger partial charge in [0.15, 0.2) is 0 Å². The van der Waals surface area contributed by atoms with Crippen LogP contribution in [0.1, 0.15) is 65.8 Å². The first-order valence-corrected chi connectivity index (χ1v) is 13.9. The summed E-state index contributed by atoms with van der Waals surface area (Å²) in [5.41, 5.74) is 3.79. The van der Waals surface area contributed by atoms with E-state index in [1.807, 2.05) is 31.2 Å². The van der Waals surface area contributed by atoms with Crippen molar-refractivity contribution in [2.75, 3.05) is 11.9 Å². The number of pyridine rings is 1. The fraction of sp³-hybridized carbons (Fsp3) is 0.414. The summed E-state index contributed by atoms with van der Waals surface area (Å²) >= 11 is 6.44. The van der Waals surface area contributed by atoms with E-state index in [-0.39, 0.29) is 37.1 Å². The molecule has 1 fully saturated rings. The molecule has 11 heteroatoms. The first-order valence-electron chi connectivity index (χ1n) is 13.5. The summed E-state index contributed by atoms with van der Waals surface area (Å²) in [4.78, 5) is 41.4. The second kappa shape index (κ2) is 11.9. The summed E-state index contributed by atoms with van der Waals surface area (Å²) in [5.74, 6) is -0.259. The van der Waals surface area contributed by atoms with E-state index in [0.29, 0.717) is 33.5 Å². The summed E-state index contributed by atoms with van der Waals surface area (Å²) in [7, 11) is 0. The summed E-state index contributed by atoms with van der Waals surface area (Å²) in [5, 5.41) is 26.2. The Balaban J connectivity index is 1.30. The van der Waals surface area contributed by atoms with E-state index in [4.69, 9.17) is 11.6 Å². The van der Waals surface area contributed by atoms with E-state index in [2.05, 4.69) is 25.6 Å². The first kappa shape index (κ1) is 27.9. The van der Waals surface area contributed by atoms with Crippen molar-refractivity contribution in [2.24, 2.45) is 0 Å². The topological polar surface area (TPSA) is 141 Å². The maximum absolute atomic E-state index is 13.4. The molecule has 3 aromatic rings. The predicted molar refractivity (Wildman–Crippen MR) is 151 cm³/mol. The second-order valence-electron chi connectivity index (χ2n) is 10.5. The number of aryl methyl sites for hydroxylation is 1. The average molecular weight is 565 g/mol. The monoisotopic (exact) mass is 564 g/mol. The molecule has 40 heavy (non-hydrogen) atoms. The number of anilines is 1. The number of nitrogens with one attached hydrogen (secondary N) is 2. The minimum atomic E-state index is -0.781. The van der Waals surface area contributed by atoms with Crippen molar-refractivity contribution in [3.63, 3.8) is 0 Å². The fourth-order valence-corrected chi connectivity index (χ4v) is 5.43. The zero-order valence-corrected chi connectivity index (χ0v) is 23.2. The molecule has 0 spiro atoms. The number of aromatic nitrogens is 3. The van der Waals surface area contributed by atoms with Crippen LogP contribution < -0.4 is 10.6 Å². The number of carbonyl (C=O) groups is 2. The van der Waals surface area contributed by atoms with Crippen LogP contribution in [0.2, 0.25) is 5.02 Å². The molecular weight excluding hydrogens is 532 g/mol.